The number of carbonyl (C=O) groups excluding carboxylic acids is 2. The van der Waals surface area contributed by atoms with Gasteiger partial charge in [-0.2, -0.15) is 0 Å². The fraction of sp³-hybridized carbons (Fsp3) is 0.667. The van der Waals surface area contributed by atoms with Crippen molar-refractivity contribution in [1.29, 1.82) is 0 Å². The first-order valence-corrected chi connectivity index (χ1v) is 11.4. The van der Waals surface area contributed by atoms with Crippen LogP contribution in [0.1, 0.15) is 52.0 Å². The largest absolute Gasteiger partial charge is 0.444 e. The van der Waals surface area contributed by atoms with Crippen molar-refractivity contribution in [3.05, 3.63) is 23.5 Å². The van der Waals surface area contributed by atoms with Crippen molar-refractivity contribution in [2.45, 2.75) is 63.6 Å². The van der Waals surface area contributed by atoms with Gasteiger partial charge >= 0.3 is 6.09 Å². The first kappa shape index (κ1) is 22.8. The van der Waals surface area contributed by atoms with E-state index in [9.17, 15) is 9.59 Å². The third-order valence-corrected chi connectivity index (χ3v) is 7.02. The van der Waals surface area contributed by atoms with E-state index in [-0.39, 0.29) is 23.9 Å². The van der Waals surface area contributed by atoms with E-state index in [0.717, 1.165) is 31.6 Å². The minimum absolute atomic E-state index is 0.0921. The van der Waals surface area contributed by atoms with E-state index in [0.29, 0.717) is 37.2 Å². The van der Waals surface area contributed by atoms with E-state index in [1.54, 1.807) is 30.0 Å². The first-order valence-electron chi connectivity index (χ1n) is 11.4. The Kier molecular flexibility index (Phi) is 5.86. The number of piperidine rings is 2. The molecule has 1 aromatic carbocycles. The van der Waals surface area contributed by atoms with Gasteiger partial charge in [-0.05, 0) is 58.6 Å². The summed E-state index contributed by atoms with van der Waals surface area (Å²) in [6.45, 7) is 7.79. The van der Waals surface area contributed by atoms with Gasteiger partial charge in [0.15, 0.2) is 0 Å². The molecule has 0 radical (unpaired) electrons. The standard InChI is InChI=1S/C24H34FN3O4/c1-23(2,3)32-22(30)28-12-8-24(9-13-28)20-18(25)14-16(15-19(20)26(4)21(24)29)27-10-6-17(31-5)7-11-27/h14-15,17H,6-13H2,1-5H3. The summed E-state index contributed by atoms with van der Waals surface area (Å²) in [5.41, 5.74) is 0.420. The molecule has 3 heterocycles. The molecule has 1 spiro atoms. The van der Waals surface area contributed by atoms with E-state index in [1.807, 2.05) is 26.8 Å². The predicted octanol–water partition coefficient (Wildman–Crippen LogP) is 3.69. The topological polar surface area (TPSA) is 62.3 Å². The van der Waals surface area contributed by atoms with E-state index >= 15 is 4.39 Å². The summed E-state index contributed by atoms with van der Waals surface area (Å²) >= 11 is 0. The molecule has 0 N–H and O–H groups in total. The Labute approximate surface area is 189 Å². The highest BCUT2D eigenvalue weighted by Gasteiger charge is 2.53. The lowest BCUT2D eigenvalue weighted by molar-refractivity contribution is -0.124. The number of amides is 2. The average molecular weight is 448 g/mol. The number of fused-ring (bicyclic) bond motifs is 2. The van der Waals surface area contributed by atoms with E-state index in [4.69, 9.17) is 9.47 Å². The fourth-order valence-electron chi connectivity index (χ4n) is 5.25. The van der Waals surface area contributed by atoms with Crippen LogP contribution in [0.3, 0.4) is 0 Å². The molecule has 7 nitrogen and oxygen atoms in total. The Morgan fingerprint density at radius 1 is 1.12 bits per heavy atom. The number of likely N-dealkylation sites (tertiary alicyclic amines) is 1. The van der Waals surface area contributed by atoms with Gasteiger partial charge in [0.25, 0.3) is 0 Å². The van der Waals surface area contributed by atoms with Gasteiger partial charge < -0.3 is 24.2 Å². The maximum absolute atomic E-state index is 15.6. The molecule has 0 aliphatic carbocycles. The molecule has 176 valence electrons. The molecule has 8 heteroatoms. The third-order valence-electron chi connectivity index (χ3n) is 7.02. The molecule has 2 amide bonds. The van der Waals surface area contributed by atoms with Crippen LogP contribution in [0.5, 0.6) is 0 Å². The molecule has 3 aliphatic rings. The van der Waals surface area contributed by atoms with Gasteiger partial charge in [0, 0.05) is 51.6 Å². The zero-order chi connectivity index (χ0) is 23.3. The molecule has 2 fully saturated rings. The molecular weight excluding hydrogens is 413 g/mol. The summed E-state index contributed by atoms with van der Waals surface area (Å²) in [6.07, 6.45) is 2.42. The van der Waals surface area contributed by atoms with Crippen molar-refractivity contribution in [3.63, 3.8) is 0 Å². The lowest BCUT2D eigenvalue weighted by Gasteiger charge is -2.39. The number of methoxy groups -OCH3 is 1. The second-order valence-corrected chi connectivity index (χ2v) is 10.2. The van der Waals surface area contributed by atoms with Gasteiger partial charge in [-0.1, -0.05) is 0 Å². The van der Waals surface area contributed by atoms with Crippen molar-refractivity contribution in [2.75, 3.05) is 50.1 Å². The van der Waals surface area contributed by atoms with Gasteiger partial charge in [0.2, 0.25) is 5.91 Å². The van der Waals surface area contributed by atoms with Crippen LogP contribution in [0.15, 0.2) is 12.1 Å². The monoisotopic (exact) mass is 447 g/mol. The lowest BCUT2D eigenvalue weighted by atomic mass is 9.73. The molecule has 0 saturated carbocycles. The Morgan fingerprint density at radius 2 is 1.75 bits per heavy atom. The van der Waals surface area contributed by atoms with Crippen LogP contribution in [0, 0.1) is 5.82 Å². The molecule has 2 saturated heterocycles. The molecule has 3 aliphatic heterocycles. The van der Waals surface area contributed by atoms with Crippen molar-refractivity contribution < 1.29 is 23.5 Å². The molecule has 0 aromatic heterocycles. The Morgan fingerprint density at radius 3 is 2.31 bits per heavy atom. The molecule has 0 unspecified atom stereocenters. The van der Waals surface area contributed by atoms with E-state index in [1.165, 1.54) is 0 Å². The fourth-order valence-corrected chi connectivity index (χ4v) is 5.25. The highest BCUT2D eigenvalue weighted by molar-refractivity contribution is 6.08. The van der Waals surface area contributed by atoms with Crippen LogP contribution in [0.25, 0.3) is 0 Å². The van der Waals surface area contributed by atoms with Crippen molar-refractivity contribution in [3.8, 4) is 0 Å². The van der Waals surface area contributed by atoms with Crippen LogP contribution < -0.4 is 9.80 Å². The van der Waals surface area contributed by atoms with Gasteiger partial charge in [0.05, 0.1) is 17.2 Å². The maximum Gasteiger partial charge on any atom is 0.410 e. The molecular formula is C24H34FN3O4. The molecule has 1 aromatic rings. The number of likely N-dealkylation sites (N-methyl/N-ethyl adjacent to an activating group) is 1. The Bertz CT molecular complexity index is 897. The van der Waals surface area contributed by atoms with Crippen LogP contribution in [-0.4, -0.2) is 68.9 Å². The van der Waals surface area contributed by atoms with E-state index < -0.39 is 11.0 Å². The number of rotatable bonds is 2. The van der Waals surface area contributed by atoms with Crippen molar-refractivity contribution in [1.82, 2.24) is 4.90 Å². The maximum atomic E-state index is 15.6. The smallest absolute Gasteiger partial charge is 0.410 e. The van der Waals surface area contributed by atoms with Gasteiger partial charge in [-0.3, -0.25) is 4.79 Å². The van der Waals surface area contributed by atoms with Gasteiger partial charge in [-0.15, -0.1) is 0 Å². The number of ether oxygens (including phenoxy) is 2. The summed E-state index contributed by atoms with van der Waals surface area (Å²) in [6, 6.07) is 3.51. The lowest BCUT2D eigenvalue weighted by Crippen LogP contribution is -2.50. The van der Waals surface area contributed by atoms with Crippen LogP contribution in [-0.2, 0) is 19.7 Å². The zero-order valence-corrected chi connectivity index (χ0v) is 19.7. The number of halogens is 1. The summed E-state index contributed by atoms with van der Waals surface area (Å²) in [5.74, 6) is -0.430. The number of benzene rings is 1. The molecule has 0 bridgehead atoms. The summed E-state index contributed by atoms with van der Waals surface area (Å²) in [7, 11) is 3.44. The SMILES string of the molecule is COC1CCN(c2cc(F)c3c(c2)N(C)C(=O)C32CCN(C(=O)OC(C)(C)C)CC2)CC1. The van der Waals surface area contributed by atoms with Crippen LogP contribution in [0.2, 0.25) is 0 Å². The highest BCUT2D eigenvalue weighted by Crippen LogP contribution is 2.50. The molecule has 4 rings (SSSR count). The summed E-state index contributed by atoms with van der Waals surface area (Å²) in [5, 5.41) is 0. The predicted molar refractivity (Wildman–Crippen MR) is 121 cm³/mol. The Hall–Kier alpha value is -2.35. The van der Waals surface area contributed by atoms with Crippen LogP contribution in [0.4, 0.5) is 20.6 Å². The summed E-state index contributed by atoms with van der Waals surface area (Å²) < 4.78 is 26.5. The quantitative estimate of drug-likeness (QED) is 0.692. The molecule has 32 heavy (non-hydrogen) atoms. The number of hydrogen-bond acceptors (Lipinski definition) is 5. The number of hydrogen-bond donors (Lipinski definition) is 0. The van der Waals surface area contributed by atoms with Gasteiger partial charge in [-0.25, -0.2) is 9.18 Å². The van der Waals surface area contributed by atoms with Gasteiger partial charge in [0.1, 0.15) is 11.4 Å². The minimum Gasteiger partial charge on any atom is -0.444 e. The zero-order valence-electron chi connectivity index (χ0n) is 19.7. The minimum atomic E-state index is -0.922. The number of carbonyl (C=O) groups is 2. The van der Waals surface area contributed by atoms with E-state index in [2.05, 4.69) is 4.90 Å². The first-order chi connectivity index (χ1) is 15.1. The number of nitrogens with zero attached hydrogens (tertiary/aromatic N) is 3. The third kappa shape index (κ3) is 3.93. The second-order valence-electron chi connectivity index (χ2n) is 10.2. The van der Waals surface area contributed by atoms with Crippen molar-refractivity contribution >= 4 is 23.4 Å². The Balaban J connectivity index is 1.57. The number of anilines is 2. The van der Waals surface area contributed by atoms with Crippen LogP contribution >= 0.6 is 0 Å². The highest BCUT2D eigenvalue weighted by atomic mass is 19.1. The van der Waals surface area contributed by atoms with Crippen molar-refractivity contribution in [2.24, 2.45) is 0 Å². The second kappa shape index (κ2) is 8.21. The summed E-state index contributed by atoms with van der Waals surface area (Å²) in [4.78, 5) is 31.2. The molecule has 0 atom stereocenters. The normalized spacial score (nSPS) is 21.3. The average Bonchev–Trinajstić information content (AvgIpc) is 2.95.